The Kier molecular flexibility index (Phi) is 4.52. The van der Waals surface area contributed by atoms with Gasteiger partial charge in [-0.1, -0.05) is 36.4 Å². The first-order valence-electron chi connectivity index (χ1n) is 9.62. The molecule has 0 spiro atoms. The summed E-state index contributed by atoms with van der Waals surface area (Å²) in [6, 6.07) is 20.8. The molecule has 0 N–H and O–H groups in total. The summed E-state index contributed by atoms with van der Waals surface area (Å²) >= 11 is 0. The van der Waals surface area contributed by atoms with Crippen LogP contribution in [0.5, 0.6) is 0 Å². The van der Waals surface area contributed by atoms with Crippen molar-refractivity contribution in [3.8, 4) is 0 Å². The van der Waals surface area contributed by atoms with Gasteiger partial charge in [-0.15, -0.1) is 0 Å². The first kappa shape index (κ1) is 18.1. The fourth-order valence-corrected chi connectivity index (χ4v) is 3.67. The fourth-order valence-electron chi connectivity index (χ4n) is 3.67. The van der Waals surface area contributed by atoms with E-state index >= 15 is 0 Å². The summed E-state index contributed by atoms with van der Waals surface area (Å²) in [6.45, 7) is 0. The second-order valence-corrected chi connectivity index (χ2v) is 7.09. The summed E-state index contributed by atoms with van der Waals surface area (Å²) in [6.07, 6.45) is 3.82. The van der Waals surface area contributed by atoms with Crippen LogP contribution in [0.3, 0.4) is 0 Å². The molecule has 2 heterocycles. The third-order valence-electron chi connectivity index (χ3n) is 5.19. The van der Waals surface area contributed by atoms with Crippen LogP contribution < -0.4 is 0 Å². The van der Waals surface area contributed by atoms with Crippen LogP contribution >= 0.6 is 0 Å². The van der Waals surface area contributed by atoms with E-state index in [1.807, 2.05) is 36.4 Å². The van der Waals surface area contributed by atoms with Crippen molar-refractivity contribution >= 4 is 22.7 Å². The molecule has 1 amide bonds. The normalized spacial score (nSPS) is 16.0. The zero-order chi connectivity index (χ0) is 20.5. The number of hydrogen-bond donors (Lipinski definition) is 0. The SMILES string of the molecule is O=C(c1ccccc1)N1N=C(c2ccc(F)cc2)C[C@@H]1c1ccc2nccnc2c1. The summed E-state index contributed by atoms with van der Waals surface area (Å²) in [7, 11) is 0. The van der Waals surface area contributed by atoms with Crippen molar-refractivity contribution in [2.45, 2.75) is 12.5 Å². The molecule has 5 nitrogen and oxygen atoms in total. The maximum atomic E-state index is 13.4. The standard InChI is InChI=1S/C24H17FN4O/c25-19-9-6-16(7-10-19)21-15-23(18-8-11-20-22(14-18)27-13-12-26-20)29(28-21)24(30)17-4-2-1-3-5-17/h1-14,23H,15H2/t23-/m1/s1. The topological polar surface area (TPSA) is 58.5 Å². The fraction of sp³-hybridized carbons (Fsp3) is 0.0833. The second kappa shape index (κ2) is 7.48. The largest absolute Gasteiger partial charge is 0.274 e. The van der Waals surface area contributed by atoms with Crippen LogP contribution in [0.15, 0.2) is 90.3 Å². The molecule has 5 rings (SSSR count). The number of hydrogen-bond acceptors (Lipinski definition) is 4. The summed E-state index contributed by atoms with van der Waals surface area (Å²) in [5, 5.41) is 6.16. The molecule has 1 aromatic heterocycles. The van der Waals surface area contributed by atoms with Gasteiger partial charge in [0.05, 0.1) is 22.8 Å². The highest BCUT2D eigenvalue weighted by molar-refractivity contribution is 6.05. The molecular formula is C24H17FN4O. The van der Waals surface area contributed by atoms with E-state index in [1.54, 1.807) is 36.7 Å². The van der Waals surface area contributed by atoms with Crippen molar-refractivity contribution in [3.63, 3.8) is 0 Å². The van der Waals surface area contributed by atoms with E-state index in [1.165, 1.54) is 17.1 Å². The van der Waals surface area contributed by atoms with Gasteiger partial charge in [0, 0.05) is 24.4 Å². The number of carbonyl (C=O) groups is 1. The molecule has 4 aromatic rings. The Hall–Kier alpha value is -3.93. The first-order chi connectivity index (χ1) is 14.7. The van der Waals surface area contributed by atoms with Crippen molar-refractivity contribution in [1.29, 1.82) is 0 Å². The van der Waals surface area contributed by atoms with Crippen LogP contribution in [0.4, 0.5) is 4.39 Å². The molecule has 6 heteroatoms. The monoisotopic (exact) mass is 396 g/mol. The van der Waals surface area contributed by atoms with Gasteiger partial charge in [-0.05, 0) is 47.5 Å². The Morgan fingerprint density at radius 2 is 1.63 bits per heavy atom. The highest BCUT2D eigenvalue weighted by Gasteiger charge is 2.33. The molecule has 3 aromatic carbocycles. The van der Waals surface area contributed by atoms with Gasteiger partial charge >= 0.3 is 0 Å². The van der Waals surface area contributed by atoms with Gasteiger partial charge in [-0.2, -0.15) is 5.10 Å². The average Bonchev–Trinajstić information content (AvgIpc) is 3.25. The smallest absolute Gasteiger partial charge is 0.267 e. The Morgan fingerprint density at radius 3 is 2.40 bits per heavy atom. The number of fused-ring (bicyclic) bond motifs is 1. The van der Waals surface area contributed by atoms with Gasteiger partial charge in [0.25, 0.3) is 5.91 Å². The van der Waals surface area contributed by atoms with E-state index in [4.69, 9.17) is 0 Å². The highest BCUT2D eigenvalue weighted by Crippen LogP contribution is 2.34. The second-order valence-electron chi connectivity index (χ2n) is 7.09. The summed E-state index contributed by atoms with van der Waals surface area (Å²) in [5.74, 6) is -0.490. The van der Waals surface area contributed by atoms with Crippen LogP contribution in [0.2, 0.25) is 0 Å². The lowest BCUT2D eigenvalue weighted by atomic mass is 9.97. The Labute approximate surface area is 172 Å². The molecule has 1 aliphatic rings. The van der Waals surface area contributed by atoms with Crippen molar-refractivity contribution in [3.05, 3.63) is 108 Å². The van der Waals surface area contributed by atoms with E-state index in [9.17, 15) is 9.18 Å². The molecule has 0 bridgehead atoms. The van der Waals surface area contributed by atoms with Crippen molar-refractivity contribution in [2.24, 2.45) is 5.10 Å². The third-order valence-corrected chi connectivity index (χ3v) is 5.19. The molecule has 0 unspecified atom stereocenters. The van der Waals surface area contributed by atoms with Crippen LogP contribution in [0.25, 0.3) is 11.0 Å². The Balaban J connectivity index is 1.57. The van der Waals surface area contributed by atoms with Crippen molar-refractivity contribution < 1.29 is 9.18 Å². The van der Waals surface area contributed by atoms with Crippen LogP contribution in [0.1, 0.15) is 33.9 Å². The van der Waals surface area contributed by atoms with Gasteiger partial charge in [-0.25, -0.2) is 9.40 Å². The van der Waals surface area contributed by atoms with E-state index in [2.05, 4.69) is 15.1 Å². The molecule has 30 heavy (non-hydrogen) atoms. The van der Waals surface area contributed by atoms with E-state index in [-0.39, 0.29) is 17.8 Å². The van der Waals surface area contributed by atoms with E-state index in [0.29, 0.717) is 12.0 Å². The maximum Gasteiger partial charge on any atom is 0.274 e. The lowest BCUT2D eigenvalue weighted by Gasteiger charge is -2.22. The van der Waals surface area contributed by atoms with E-state index in [0.717, 1.165) is 27.9 Å². The number of halogens is 1. The molecule has 146 valence electrons. The first-order valence-corrected chi connectivity index (χ1v) is 9.62. The zero-order valence-corrected chi connectivity index (χ0v) is 15.9. The quantitative estimate of drug-likeness (QED) is 0.502. The number of hydrazone groups is 1. The van der Waals surface area contributed by atoms with Crippen molar-refractivity contribution in [2.75, 3.05) is 0 Å². The summed E-state index contributed by atoms with van der Waals surface area (Å²) in [5.41, 5.74) is 4.58. The molecular weight excluding hydrogens is 379 g/mol. The Bertz CT molecular complexity index is 1260. The Morgan fingerprint density at radius 1 is 0.900 bits per heavy atom. The van der Waals surface area contributed by atoms with Gasteiger partial charge in [-0.3, -0.25) is 14.8 Å². The van der Waals surface area contributed by atoms with Crippen LogP contribution in [-0.4, -0.2) is 26.6 Å². The molecule has 0 saturated heterocycles. The minimum absolute atomic E-state index is 0.183. The van der Waals surface area contributed by atoms with Crippen molar-refractivity contribution in [1.82, 2.24) is 15.0 Å². The molecule has 1 aliphatic heterocycles. The highest BCUT2D eigenvalue weighted by atomic mass is 19.1. The van der Waals surface area contributed by atoms with E-state index < -0.39 is 0 Å². The van der Waals surface area contributed by atoms with Gasteiger partial charge in [0.15, 0.2) is 0 Å². The average molecular weight is 396 g/mol. The lowest BCUT2D eigenvalue weighted by Crippen LogP contribution is -2.27. The number of aromatic nitrogens is 2. The van der Waals surface area contributed by atoms with Crippen LogP contribution in [0, 0.1) is 5.82 Å². The number of rotatable bonds is 3. The minimum Gasteiger partial charge on any atom is -0.267 e. The molecule has 0 saturated carbocycles. The van der Waals surface area contributed by atoms with Gasteiger partial charge < -0.3 is 0 Å². The van der Waals surface area contributed by atoms with Gasteiger partial charge in [0.2, 0.25) is 0 Å². The number of nitrogens with zero attached hydrogens (tertiary/aromatic N) is 4. The predicted molar refractivity (Wildman–Crippen MR) is 112 cm³/mol. The number of carbonyl (C=O) groups excluding carboxylic acids is 1. The molecule has 1 atom stereocenters. The summed E-state index contributed by atoms with van der Waals surface area (Å²) in [4.78, 5) is 22.0. The maximum absolute atomic E-state index is 13.4. The minimum atomic E-state index is -0.306. The number of benzene rings is 3. The zero-order valence-electron chi connectivity index (χ0n) is 15.9. The van der Waals surface area contributed by atoms with Crippen LogP contribution in [-0.2, 0) is 0 Å². The lowest BCUT2D eigenvalue weighted by molar-refractivity contribution is 0.0711. The summed E-state index contributed by atoms with van der Waals surface area (Å²) < 4.78 is 13.4. The molecule has 0 aliphatic carbocycles. The molecule has 0 fully saturated rings. The predicted octanol–water partition coefficient (Wildman–Crippen LogP) is 4.76. The third kappa shape index (κ3) is 3.33. The number of amides is 1. The molecule has 0 radical (unpaired) electrons. The van der Waals surface area contributed by atoms with Gasteiger partial charge in [0.1, 0.15) is 5.82 Å².